The summed E-state index contributed by atoms with van der Waals surface area (Å²) in [5, 5.41) is 9.47. The zero-order valence-corrected chi connectivity index (χ0v) is 16.5. The third kappa shape index (κ3) is 4.62. The van der Waals surface area contributed by atoms with E-state index in [1.165, 1.54) is 11.1 Å². The molecule has 3 aromatic carbocycles. The molecule has 0 bridgehead atoms. The van der Waals surface area contributed by atoms with Crippen molar-refractivity contribution in [3.63, 3.8) is 0 Å². The van der Waals surface area contributed by atoms with E-state index in [2.05, 4.69) is 55.1 Å². The summed E-state index contributed by atoms with van der Waals surface area (Å²) in [7, 11) is 0. The van der Waals surface area contributed by atoms with Crippen LogP contribution < -0.4 is 9.47 Å². The van der Waals surface area contributed by atoms with Gasteiger partial charge in [0.2, 0.25) is 0 Å². The van der Waals surface area contributed by atoms with Gasteiger partial charge < -0.3 is 14.6 Å². The van der Waals surface area contributed by atoms with Gasteiger partial charge in [0.05, 0.1) is 19.0 Å². The summed E-state index contributed by atoms with van der Waals surface area (Å²) in [6.45, 7) is 4.78. The Balaban J connectivity index is 1.43. The third-order valence-electron chi connectivity index (χ3n) is 5.43. The molecule has 0 aromatic heterocycles. The molecule has 3 heteroatoms. The molecule has 148 valence electrons. The first kappa shape index (κ1) is 19.1. The topological polar surface area (TPSA) is 38.7 Å². The van der Waals surface area contributed by atoms with Crippen molar-refractivity contribution < 1.29 is 14.6 Å². The Hall–Kier alpha value is -3.20. The molecule has 1 N–H and O–H groups in total. The molecular weight excluding hydrogens is 360 g/mol. The third-order valence-corrected chi connectivity index (χ3v) is 5.43. The van der Waals surface area contributed by atoms with E-state index < -0.39 is 0 Å². The Morgan fingerprint density at radius 1 is 1.00 bits per heavy atom. The lowest BCUT2D eigenvalue weighted by Crippen LogP contribution is -2.07. The van der Waals surface area contributed by atoms with Crippen LogP contribution in [0.3, 0.4) is 0 Å². The molecule has 4 rings (SSSR count). The molecule has 0 radical (unpaired) electrons. The van der Waals surface area contributed by atoms with Gasteiger partial charge in [-0.3, -0.25) is 0 Å². The molecule has 1 atom stereocenters. The van der Waals surface area contributed by atoms with Gasteiger partial charge in [0.1, 0.15) is 11.5 Å². The van der Waals surface area contributed by atoms with Crippen LogP contribution in [0, 0.1) is 0 Å². The number of ether oxygens (including phenoxy) is 2. The predicted molar refractivity (Wildman–Crippen MR) is 116 cm³/mol. The molecule has 3 aromatic rings. The van der Waals surface area contributed by atoms with E-state index in [0.717, 1.165) is 23.5 Å². The fourth-order valence-corrected chi connectivity index (χ4v) is 3.99. The molecule has 3 nitrogen and oxygen atoms in total. The summed E-state index contributed by atoms with van der Waals surface area (Å²) >= 11 is 0. The second-order valence-corrected chi connectivity index (χ2v) is 7.49. The molecule has 0 saturated heterocycles. The van der Waals surface area contributed by atoms with Crippen LogP contribution in [0.2, 0.25) is 0 Å². The summed E-state index contributed by atoms with van der Waals surface area (Å²) < 4.78 is 11.9. The fourth-order valence-electron chi connectivity index (χ4n) is 3.99. The summed E-state index contributed by atoms with van der Waals surface area (Å²) in [6, 6.07) is 27.1. The number of benzene rings is 3. The van der Waals surface area contributed by atoms with Crippen LogP contribution in [0.5, 0.6) is 11.5 Å². The van der Waals surface area contributed by atoms with E-state index in [4.69, 9.17) is 9.47 Å². The van der Waals surface area contributed by atoms with E-state index in [1.807, 2.05) is 30.3 Å². The second-order valence-electron chi connectivity index (χ2n) is 7.49. The Kier molecular flexibility index (Phi) is 5.85. The molecule has 1 unspecified atom stereocenters. The van der Waals surface area contributed by atoms with Gasteiger partial charge >= 0.3 is 0 Å². The van der Waals surface area contributed by atoms with Crippen LogP contribution in [0.25, 0.3) is 0 Å². The Morgan fingerprint density at radius 3 is 2.28 bits per heavy atom. The van der Waals surface area contributed by atoms with Gasteiger partial charge in [-0.1, -0.05) is 73.3 Å². The van der Waals surface area contributed by atoms with Gasteiger partial charge in [-0.05, 0) is 23.6 Å². The van der Waals surface area contributed by atoms with Crippen molar-refractivity contribution in [1.29, 1.82) is 0 Å². The molecule has 0 fully saturated rings. The minimum absolute atomic E-state index is 0.164. The van der Waals surface area contributed by atoms with Crippen LogP contribution in [0.15, 0.2) is 91.2 Å². The maximum absolute atomic E-state index is 9.47. The van der Waals surface area contributed by atoms with Gasteiger partial charge in [0, 0.05) is 29.9 Å². The standard InChI is InChI=1S/C26H26O3/c1-19(27)16-22-18-29-26-17-23(12-13-25(22)26)28-15-14-24(20-8-4-2-5-9-20)21-10-6-3-7-11-21/h2-13,17,22,24,27H,1,14-16,18H2. The molecule has 0 amide bonds. The Morgan fingerprint density at radius 2 is 1.66 bits per heavy atom. The maximum Gasteiger partial charge on any atom is 0.126 e. The first-order chi connectivity index (χ1) is 14.2. The van der Waals surface area contributed by atoms with Crippen molar-refractivity contribution in [1.82, 2.24) is 0 Å². The van der Waals surface area contributed by atoms with Crippen molar-refractivity contribution in [3.8, 4) is 11.5 Å². The molecule has 1 aliphatic rings. The normalized spacial score (nSPS) is 15.0. The first-order valence-electron chi connectivity index (χ1n) is 10.1. The monoisotopic (exact) mass is 386 g/mol. The average Bonchev–Trinajstić information content (AvgIpc) is 3.14. The van der Waals surface area contributed by atoms with E-state index in [1.54, 1.807) is 0 Å². The van der Waals surface area contributed by atoms with Crippen LogP contribution in [0.1, 0.15) is 41.4 Å². The zero-order valence-electron chi connectivity index (χ0n) is 16.5. The first-order valence-corrected chi connectivity index (χ1v) is 10.1. The number of aliphatic hydroxyl groups excluding tert-OH is 1. The van der Waals surface area contributed by atoms with Crippen molar-refractivity contribution in [2.75, 3.05) is 13.2 Å². The van der Waals surface area contributed by atoms with E-state index in [-0.39, 0.29) is 11.7 Å². The minimum atomic E-state index is 0.164. The number of allylic oxidation sites excluding steroid dienone is 1. The zero-order chi connectivity index (χ0) is 20.1. The highest BCUT2D eigenvalue weighted by molar-refractivity contribution is 5.45. The largest absolute Gasteiger partial charge is 0.513 e. The Bertz CT molecular complexity index is 911. The average molecular weight is 386 g/mol. The predicted octanol–water partition coefficient (Wildman–Crippen LogP) is 6.23. The van der Waals surface area contributed by atoms with E-state index >= 15 is 0 Å². The summed E-state index contributed by atoms with van der Waals surface area (Å²) in [4.78, 5) is 0. The molecule has 0 spiro atoms. The van der Waals surface area contributed by atoms with Crippen molar-refractivity contribution in [2.24, 2.45) is 0 Å². The summed E-state index contributed by atoms with van der Waals surface area (Å²) in [5.41, 5.74) is 3.71. The number of hydrogen-bond donors (Lipinski definition) is 1. The number of fused-ring (bicyclic) bond motifs is 1. The van der Waals surface area contributed by atoms with E-state index in [9.17, 15) is 5.11 Å². The molecule has 0 aliphatic carbocycles. The van der Waals surface area contributed by atoms with Crippen LogP contribution in [0.4, 0.5) is 0 Å². The van der Waals surface area contributed by atoms with Gasteiger partial charge in [-0.15, -0.1) is 0 Å². The second kappa shape index (κ2) is 8.87. The highest BCUT2D eigenvalue weighted by Gasteiger charge is 2.25. The van der Waals surface area contributed by atoms with Gasteiger partial charge in [0.25, 0.3) is 0 Å². The van der Waals surface area contributed by atoms with Gasteiger partial charge in [0.15, 0.2) is 0 Å². The summed E-state index contributed by atoms with van der Waals surface area (Å²) in [6.07, 6.45) is 1.42. The number of rotatable bonds is 8. The van der Waals surface area contributed by atoms with Crippen LogP contribution in [-0.2, 0) is 0 Å². The van der Waals surface area contributed by atoms with Crippen molar-refractivity contribution in [3.05, 3.63) is 108 Å². The highest BCUT2D eigenvalue weighted by Crippen LogP contribution is 2.39. The molecular formula is C26H26O3. The Labute approximate surface area is 172 Å². The molecule has 1 aliphatic heterocycles. The smallest absolute Gasteiger partial charge is 0.126 e. The number of hydrogen-bond acceptors (Lipinski definition) is 3. The number of aliphatic hydroxyl groups is 1. The quantitative estimate of drug-likeness (QED) is 0.467. The molecule has 29 heavy (non-hydrogen) atoms. The van der Waals surface area contributed by atoms with Crippen molar-refractivity contribution in [2.45, 2.75) is 24.7 Å². The molecule has 1 heterocycles. The molecule has 0 saturated carbocycles. The maximum atomic E-state index is 9.47. The highest BCUT2D eigenvalue weighted by atomic mass is 16.5. The van der Waals surface area contributed by atoms with Crippen molar-refractivity contribution >= 4 is 0 Å². The minimum Gasteiger partial charge on any atom is -0.513 e. The lowest BCUT2D eigenvalue weighted by molar-refractivity contribution is 0.296. The SMILES string of the molecule is C=C(O)CC1COc2cc(OCCC(c3ccccc3)c3ccccc3)ccc21. The van der Waals surface area contributed by atoms with Gasteiger partial charge in [-0.2, -0.15) is 0 Å². The summed E-state index contributed by atoms with van der Waals surface area (Å²) in [5.74, 6) is 2.31. The lowest BCUT2D eigenvalue weighted by atomic mass is 9.89. The van der Waals surface area contributed by atoms with Crippen LogP contribution in [-0.4, -0.2) is 18.3 Å². The lowest BCUT2D eigenvalue weighted by Gasteiger charge is -2.18. The van der Waals surface area contributed by atoms with E-state index in [0.29, 0.717) is 25.6 Å². The fraction of sp³-hybridized carbons (Fsp3) is 0.231. The van der Waals surface area contributed by atoms with Gasteiger partial charge in [-0.25, -0.2) is 0 Å². The van der Waals surface area contributed by atoms with Crippen LogP contribution >= 0.6 is 0 Å².